The zero-order valence-corrected chi connectivity index (χ0v) is 17.6. The Bertz CT molecular complexity index is 1080. The Balaban J connectivity index is 1.51. The number of nitrogens with zero attached hydrogens (tertiary/aromatic N) is 3. The molecular weight excluding hydrogens is 425 g/mol. The van der Waals surface area contributed by atoms with Gasteiger partial charge >= 0.3 is 6.18 Å². The Morgan fingerprint density at radius 3 is 2.58 bits per heavy atom. The van der Waals surface area contributed by atoms with Crippen molar-refractivity contribution in [2.75, 3.05) is 43.4 Å². The number of aromatic nitrogens is 1. The third-order valence-electron chi connectivity index (χ3n) is 5.12. The van der Waals surface area contributed by atoms with E-state index in [9.17, 15) is 18.0 Å². The number of benzene rings is 2. The first-order valence-electron chi connectivity index (χ1n) is 9.79. The Labute approximate surface area is 181 Å². The normalized spacial score (nSPS) is 15.7. The molecule has 1 amide bonds. The van der Waals surface area contributed by atoms with Crippen LogP contribution in [0.4, 0.5) is 24.5 Å². The van der Waals surface area contributed by atoms with Crippen LogP contribution in [0.1, 0.15) is 10.6 Å². The molecule has 0 unspecified atom stereocenters. The van der Waals surface area contributed by atoms with E-state index in [1.54, 1.807) is 6.07 Å². The van der Waals surface area contributed by atoms with Crippen LogP contribution in [0.5, 0.6) is 0 Å². The molecule has 1 N–H and O–H groups in total. The van der Waals surface area contributed by atoms with Gasteiger partial charge < -0.3 is 15.1 Å². The van der Waals surface area contributed by atoms with Gasteiger partial charge in [0.25, 0.3) is 0 Å². The highest BCUT2D eigenvalue weighted by Crippen LogP contribution is 2.37. The lowest BCUT2D eigenvalue weighted by atomic mass is 10.1. The van der Waals surface area contributed by atoms with Gasteiger partial charge in [-0.3, -0.25) is 4.79 Å². The second kappa shape index (κ2) is 8.68. The summed E-state index contributed by atoms with van der Waals surface area (Å²) in [5.41, 5.74) is 0.199. The smallest absolute Gasteiger partial charge is 0.369 e. The monoisotopic (exact) mass is 446 g/mol. The van der Waals surface area contributed by atoms with Gasteiger partial charge in [-0.1, -0.05) is 12.1 Å². The molecule has 9 heteroatoms. The third kappa shape index (κ3) is 5.05. The Hall–Kier alpha value is -2.91. The molecule has 1 aliphatic heterocycles. The predicted octanol–water partition coefficient (Wildman–Crippen LogP) is 4.72. The van der Waals surface area contributed by atoms with Crippen molar-refractivity contribution in [1.82, 2.24) is 9.88 Å². The van der Waals surface area contributed by atoms with E-state index in [-0.39, 0.29) is 5.69 Å². The topological polar surface area (TPSA) is 48.5 Å². The van der Waals surface area contributed by atoms with Gasteiger partial charge in [0.05, 0.1) is 21.5 Å². The highest BCUT2D eigenvalue weighted by Gasteiger charge is 2.34. The number of alkyl halides is 3. The van der Waals surface area contributed by atoms with E-state index in [4.69, 9.17) is 0 Å². The second-order valence-corrected chi connectivity index (χ2v) is 8.42. The van der Waals surface area contributed by atoms with Crippen LogP contribution in [-0.4, -0.2) is 49.0 Å². The second-order valence-electron chi connectivity index (χ2n) is 7.36. The summed E-state index contributed by atoms with van der Waals surface area (Å²) < 4.78 is 42.0. The number of nitrogens with one attached hydrogen (secondary N) is 1. The minimum absolute atomic E-state index is 0.260. The van der Waals surface area contributed by atoms with Crippen LogP contribution >= 0.6 is 11.3 Å². The van der Waals surface area contributed by atoms with Crippen LogP contribution in [0.25, 0.3) is 16.3 Å². The number of carbonyl (C=O) groups is 1. The maximum absolute atomic E-state index is 13.7. The number of fused-ring (bicyclic) bond motifs is 1. The molecule has 162 valence electrons. The molecule has 0 bridgehead atoms. The molecule has 1 saturated heterocycles. The lowest BCUT2D eigenvalue weighted by molar-refractivity contribution is -0.136. The fraction of sp³-hybridized carbons (Fsp3) is 0.273. The number of thiazole rings is 1. The highest BCUT2D eigenvalue weighted by atomic mass is 32.1. The number of anilines is 2. The van der Waals surface area contributed by atoms with Crippen LogP contribution in [0.2, 0.25) is 0 Å². The van der Waals surface area contributed by atoms with E-state index in [0.717, 1.165) is 29.4 Å². The molecule has 3 aromatic rings. The van der Waals surface area contributed by atoms with Gasteiger partial charge in [0, 0.05) is 37.9 Å². The Kier molecular flexibility index (Phi) is 5.97. The van der Waals surface area contributed by atoms with E-state index in [2.05, 4.69) is 15.2 Å². The molecule has 1 aliphatic rings. The number of para-hydroxylation sites is 1. The van der Waals surface area contributed by atoms with Crippen molar-refractivity contribution >= 4 is 44.9 Å². The molecule has 0 spiro atoms. The summed E-state index contributed by atoms with van der Waals surface area (Å²) >= 11 is 1.40. The van der Waals surface area contributed by atoms with E-state index in [1.807, 2.05) is 36.2 Å². The summed E-state index contributed by atoms with van der Waals surface area (Å²) in [5.74, 6) is -0.642. The maximum atomic E-state index is 13.7. The summed E-state index contributed by atoms with van der Waals surface area (Å²) in [5, 5.41) is 2.97. The fourth-order valence-corrected chi connectivity index (χ4v) is 4.29. The van der Waals surface area contributed by atoms with Crippen LogP contribution in [0.15, 0.2) is 48.5 Å². The Morgan fingerprint density at radius 2 is 1.87 bits per heavy atom. The van der Waals surface area contributed by atoms with E-state index in [1.165, 1.54) is 29.6 Å². The van der Waals surface area contributed by atoms with Crippen LogP contribution in [-0.2, 0) is 11.0 Å². The minimum Gasteiger partial charge on any atom is -0.369 e. The molecular formula is C22H21F3N4OS. The minimum atomic E-state index is -4.58. The van der Waals surface area contributed by atoms with Gasteiger partial charge in [-0.05, 0) is 43.5 Å². The van der Waals surface area contributed by atoms with Crippen molar-refractivity contribution in [2.45, 2.75) is 6.18 Å². The van der Waals surface area contributed by atoms with Gasteiger partial charge in [0.1, 0.15) is 5.01 Å². The Morgan fingerprint density at radius 1 is 1.13 bits per heavy atom. The lowest BCUT2D eigenvalue weighted by Crippen LogP contribution is -2.44. The molecule has 0 saturated carbocycles. The van der Waals surface area contributed by atoms with Crippen molar-refractivity contribution in [3.05, 3.63) is 59.1 Å². The number of rotatable bonds is 4. The summed E-state index contributed by atoms with van der Waals surface area (Å²) in [6, 6.07) is 11.6. The number of hydrogen-bond donors (Lipinski definition) is 1. The van der Waals surface area contributed by atoms with Crippen molar-refractivity contribution in [2.24, 2.45) is 0 Å². The number of carbonyl (C=O) groups excluding carboxylic acids is 1. The van der Waals surface area contributed by atoms with Crippen LogP contribution in [0.3, 0.4) is 0 Å². The largest absolute Gasteiger partial charge is 0.418 e. The van der Waals surface area contributed by atoms with Gasteiger partial charge in [-0.2, -0.15) is 13.2 Å². The van der Waals surface area contributed by atoms with Gasteiger partial charge in [-0.25, -0.2) is 4.98 Å². The number of piperazine rings is 1. The lowest BCUT2D eigenvalue weighted by Gasteiger charge is -2.34. The van der Waals surface area contributed by atoms with E-state index < -0.39 is 17.6 Å². The molecule has 0 atom stereocenters. The predicted molar refractivity (Wildman–Crippen MR) is 118 cm³/mol. The summed E-state index contributed by atoms with van der Waals surface area (Å²) in [6.45, 7) is 2.89. The van der Waals surface area contributed by atoms with Crippen LogP contribution in [0, 0.1) is 0 Å². The maximum Gasteiger partial charge on any atom is 0.418 e. The first-order chi connectivity index (χ1) is 14.8. The average molecular weight is 446 g/mol. The third-order valence-corrected chi connectivity index (χ3v) is 6.12. The summed E-state index contributed by atoms with van der Waals surface area (Å²) in [6.07, 6.45) is -1.87. The van der Waals surface area contributed by atoms with E-state index in [0.29, 0.717) is 23.8 Å². The summed E-state index contributed by atoms with van der Waals surface area (Å²) in [7, 11) is 1.99. The molecule has 5 nitrogen and oxygen atoms in total. The van der Waals surface area contributed by atoms with Crippen molar-refractivity contribution in [1.29, 1.82) is 0 Å². The highest BCUT2D eigenvalue weighted by molar-refractivity contribution is 7.19. The molecule has 31 heavy (non-hydrogen) atoms. The fourth-order valence-electron chi connectivity index (χ4n) is 3.42. The average Bonchev–Trinajstić information content (AvgIpc) is 3.15. The molecule has 0 aliphatic carbocycles. The van der Waals surface area contributed by atoms with Crippen LogP contribution < -0.4 is 10.2 Å². The molecule has 4 rings (SSSR count). The number of halogens is 3. The summed E-state index contributed by atoms with van der Waals surface area (Å²) in [4.78, 5) is 20.7. The van der Waals surface area contributed by atoms with E-state index >= 15 is 0 Å². The van der Waals surface area contributed by atoms with Crippen molar-refractivity contribution < 1.29 is 18.0 Å². The number of likely N-dealkylation sites (N-methyl/N-ethyl adjacent to an activating group) is 1. The SMILES string of the molecule is CN1CCN(c2ccc(NC(=O)/C=C/c3nc4ccccc4s3)c(C(F)(F)F)c2)CC1. The van der Waals surface area contributed by atoms with Gasteiger partial charge in [0.15, 0.2) is 0 Å². The molecule has 1 aromatic heterocycles. The quantitative estimate of drug-likeness (QED) is 0.590. The van der Waals surface area contributed by atoms with Crippen molar-refractivity contribution in [3.63, 3.8) is 0 Å². The first-order valence-corrected chi connectivity index (χ1v) is 10.6. The molecule has 0 radical (unpaired) electrons. The molecule has 2 heterocycles. The zero-order chi connectivity index (χ0) is 22.0. The van der Waals surface area contributed by atoms with Gasteiger partial charge in [-0.15, -0.1) is 11.3 Å². The first kappa shape index (κ1) is 21.3. The zero-order valence-electron chi connectivity index (χ0n) is 16.8. The van der Waals surface area contributed by atoms with Gasteiger partial charge in [0.2, 0.25) is 5.91 Å². The number of amides is 1. The molecule has 1 fully saturated rings. The standard InChI is InChI=1S/C22H21F3N4OS/c1-28-10-12-29(13-11-28)15-6-7-17(16(14-15)22(23,24)25)26-20(30)8-9-21-27-18-4-2-3-5-19(18)31-21/h2-9,14H,10-13H2,1H3,(H,26,30)/b9-8+. The van der Waals surface area contributed by atoms with Crippen molar-refractivity contribution in [3.8, 4) is 0 Å². The number of hydrogen-bond acceptors (Lipinski definition) is 5. The molecule has 2 aromatic carbocycles.